The van der Waals surface area contributed by atoms with Gasteiger partial charge in [-0.2, -0.15) is 11.8 Å². The van der Waals surface area contributed by atoms with Crippen molar-refractivity contribution in [2.45, 2.75) is 18.9 Å². The summed E-state index contributed by atoms with van der Waals surface area (Å²) in [5, 5.41) is 11.6. The maximum absolute atomic E-state index is 12.0. The SMILES string of the molecule is O=C(O)/C=C/c1ccc(C(=O)NC2CCCSC2)s1. The Balaban J connectivity index is 1.93. The molecule has 1 saturated heterocycles. The molecular formula is C13H15NO3S2. The Bertz CT molecular complexity index is 490. The summed E-state index contributed by atoms with van der Waals surface area (Å²) in [6, 6.07) is 3.75. The molecule has 1 aliphatic heterocycles. The number of carboxylic acids is 1. The second-order valence-corrected chi connectivity index (χ2v) is 6.53. The molecule has 1 amide bonds. The van der Waals surface area contributed by atoms with E-state index in [4.69, 9.17) is 5.11 Å². The molecule has 102 valence electrons. The highest BCUT2D eigenvalue weighted by Crippen LogP contribution is 2.20. The van der Waals surface area contributed by atoms with Crippen LogP contribution in [0.5, 0.6) is 0 Å². The van der Waals surface area contributed by atoms with Gasteiger partial charge in [-0.05, 0) is 36.8 Å². The monoisotopic (exact) mass is 297 g/mol. The molecule has 1 aromatic rings. The molecule has 0 radical (unpaired) electrons. The molecule has 19 heavy (non-hydrogen) atoms. The van der Waals surface area contributed by atoms with E-state index in [2.05, 4.69) is 5.32 Å². The molecule has 2 N–H and O–H groups in total. The van der Waals surface area contributed by atoms with E-state index < -0.39 is 5.97 Å². The molecular weight excluding hydrogens is 282 g/mol. The zero-order valence-corrected chi connectivity index (χ0v) is 11.9. The van der Waals surface area contributed by atoms with Gasteiger partial charge in [0.15, 0.2) is 0 Å². The minimum absolute atomic E-state index is 0.0625. The Morgan fingerprint density at radius 2 is 2.26 bits per heavy atom. The summed E-state index contributed by atoms with van der Waals surface area (Å²) in [6.45, 7) is 0. The van der Waals surface area contributed by atoms with Gasteiger partial charge in [0.25, 0.3) is 5.91 Å². The fourth-order valence-corrected chi connectivity index (χ4v) is 3.71. The van der Waals surface area contributed by atoms with E-state index >= 15 is 0 Å². The molecule has 2 rings (SSSR count). The van der Waals surface area contributed by atoms with Crippen LogP contribution in [-0.2, 0) is 4.79 Å². The van der Waals surface area contributed by atoms with E-state index in [1.54, 1.807) is 12.1 Å². The zero-order valence-electron chi connectivity index (χ0n) is 10.3. The first kappa shape index (κ1) is 14.1. The van der Waals surface area contributed by atoms with Gasteiger partial charge in [-0.25, -0.2) is 4.79 Å². The summed E-state index contributed by atoms with van der Waals surface area (Å²) in [7, 11) is 0. The van der Waals surface area contributed by atoms with Gasteiger partial charge in [-0.1, -0.05) is 0 Å². The van der Waals surface area contributed by atoms with Gasteiger partial charge in [0.1, 0.15) is 0 Å². The van der Waals surface area contributed by atoms with Crippen molar-refractivity contribution >= 4 is 41.1 Å². The lowest BCUT2D eigenvalue weighted by atomic mass is 10.2. The molecule has 6 heteroatoms. The number of amides is 1. The average Bonchev–Trinajstić information content (AvgIpc) is 2.86. The minimum Gasteiger partial charge on any atom is -0.478 e. The molecule has 1 aromatic heterocycles. The number of carbonyl (C=O) groups is 2. The van der Waals surface area contributed by atoms with Crippen LogP contribution >= 0.6 is 23.1 Å². The van der Waals surface area contributed by atoms with Crippen LogP contribution in [0.25, 0.3) is 6.08 Å². The van der Waals surface area contributed by atoms with Crippen molar-refractivity contribution in [1.29, 1.82) is 0 Å². The second-order valence-electron chi connectivity index (χ2n) is 4.26. The second kappa shape index (κ2) is 6.77. The minimum atomic E-state index is -0.987. The molecule has 4 nitrogen and oxygen atoms in total. The van der Waals surface area contributed by atoms with Crippen LogP contribution in [0.2, 0.25) is 0 Å². The van der Waals surface area contributed by atoms with E-state index in [0.29, 0.717) is 4.88 Å². The summed E-state index contributed by atoms with van der Waals surface area (Å²) < 4.78 is 0. The number of hydrogen-bond donors (Lipinski definition) is 2. The maximum atomic E-state index is 12.0. The van der Waals surface area contributed by atoms with Crippen molar-refractivity contribution < 1.29 is 14.7 Å². The van der Waals surface area contributed by atoms with E-state index in [1.807, 2.05) is 11.8 Å². The highest BCUT2D eigenvalue weighted by Gasteiger charge is 2.17. The van der Waals surface area contributed by atoms with Crippen LogP contribution in [0.4, 0.5) is 0 Å². The lowest BCUT2D eigenvalue weighted by Gasteiger charge is -2.22. The largest absolute Gasteiger partial charge is 0.478 e. The predicted octanol–water partition coefficient (Wildman–Crippen LogP) is 2.47. The normalized spacial score (nSPS) is 19.5. The third-order valence-electron chi connectivity index (χ3n) is 2.74. The van der Waals surface area contributed by atoms with Gasteiger partial charge in [0, 0.05) is 22.7 Å². The summed E-state index contributed by atoms with van der Waals surface area (Å²) in [5.41, 5.74) is 0. The summed E-state index contributed by atoms with van der Waals surface area (Å²) in [4.78, 5) is 23.8. The fourth-order valence-electron chi connectivity index (χ4n) is 1.83. The van der Waals surface area contributed by atoms with Gasteiger partial charge in [-0.3, -0.25) is 4.79 Å². The van der Waals surface area contributed by atoms with E-state index in [9.17, 15) is 9.59 Å². The number of hydrogen-bond acceptors (Lipinski definition) is 4. The van der Waals surface area contributed by atoms with Crippen LogP contribution in [0.15, 0.2) is 18.2 Å². The summed E-state index contributed by atoms with van der Waals surface area (Å²) in [5.74, 6) is 1.10. The molecule has 1 unspecified atom stereocenters. The molecule has 1 fully saturated rings. The van der Waals surface area contributed by atoms with Crippen LogP contribution in [0.1, 0.15) is 27.4 Å². The molecule has 1 aliphatic rings. The molecule has 0 aromatic carbocycles. The topological polar surface area (TPSA) is 66.4 Å². The summed E-state index contributed by atoms with van der Waals surface area (Å²) >= 11 is 3.17. The standard InChI is InChI=1S/C13H15NO3S2/c15-12(16)6-4-10-3-5-11(19-10)13(17)14-9-2-1-7-18-8-9/h3-6,9H,1-2,7-8H2,(H,14,17)(H,15,16)/b6-4+. The third kappa shape index (κ3) is 4.40. The van der Waals surface area contributed by atoms with Crippen molar-refractivity contribution in [3.63, 3.8) is 0 Å². The number of rotatable bonds is 4. The van der Waals surface area contributed by atoms with Crippen LogP contribution in [0, 0.1) is 0 Å². The van der Waals surface area contributed by atoms with Crippen LogP contribution in [0.3, 0.4) is 0 Å². The highest BCUT2D eigenvalue weighted by atomic mass is 32.2. The Morgan fingerprint density at radius 3 is 2.95 bits per heavy atom. The lowest BCUT2D eigenvalue weighted by Crippen LogP contribution is -2.37. The first-order valence-corrected chi connectivity index (χ1v) is 8.02. The number of thioether (sulfide) groups is 1. The Kier molecular flexibility index (Phi) is 5.04. The molecule has 0 saturated carbocycles. The van der Waals surface area contributed by atoms with E-state index in [0.717, 1.165) is 29.5 Å². The van der Waals surface area contributed by atoms with E-state index in [1.165, 1.54) is 23.2 Å². The van der Waals surface area contributed by atoms with Gasteiger partial charge in [-0.15, -0.1) is 11.3 Å². The Labute approximate surface area is 119 Å². The molecule has 0 spiro atoms. The highest BCUT2D eigenvalue weighted by molar-refractivity contribution is 7.99. The average molecular weight is 297 g/mol. The first-order chi connectivity index (χ1) is 9.15. The number of carbonyl (C=O) groups excluding carboxylic acids is 1. The molecule has 0 bridgehead atoms. The predicted molar refractivity (Wildman–Crippen MR) is 78.8 cm³/mol. The molecule has 2 heterocycles. The fraction of sp³-hybridized carbons (Fsp3) is 0.385. The van der Waals surface area contributed by atoms with Crippen molar-refractivity contribution in [2.75, 3.05) is 11.5 Å². The smallest absolute Gasteiger partial charge is 0.328 e. The zero-order chi connectivity index (χ0) is 13.7. The van der Waals surface area contributed by atoms with E-state index in [-0.39, 0.29) is 11.9 Å². The number of carboxylic acid groups (broad SMARTS) is 1. The van der Waals surface area contributed by atoms with Gasteiger partial charge in [0.2, 0.25) is 0 Å². The maximum Gasteiger partial charge on any atom is 0.328 e. The van der Waals surface area contributed by atoms with Crippen molar-refractivity contribution in [2.24, 2.45) is 0 Å². The van der Waals surface area contributed by atoms with Gasteiger partial charge >= 0.3 is 5.97 Å². The number of nitrogens with one attached hydrogen (secondary N) is 1. The Morgan fingerprint density at radius 1 is 1.42 bits per heavy atom. The molecule has 0 aliphatic carbocycles. The van der Waals surface area contributed by atoms with Crippen LogP contribution < -0.4 is 5.32 Å². The summed E-state index contributed by atoms with van der Waals surface area (Å²) in [6.07, 6.45) is 4.76. The quantitative estimate of drug-likeness (QED) is 0.838. The van der Waals surface area contributed by atoms with Crippen molar-refractivity contribution in [1.82, 2.24) is 5.32 Å². The van der Waals surface area contributed by atoms with Crippen LogP contribution in [-0.4, -0.2) is 34.5 Å². The number of thiophene rings is 1. The van der Waals surface area contributed by atoms with Crippen molar-refractivity contribution in [3.05, 3.63) is 28.0 Å². The number of aliphatic carboxylic acids is 1. The lowest BCUT2D eigenvalue weighted by molar-refractivity contribution is -0.131. The molecule has 1 atom stereocenters. The Hall–Kier alpha value is -1.27. The van der Waals surface area contributed by atoms with Gasteiger partial charge in [0.05, 0.1) is 4.88 Å². The first-order valence-electron chi connectivity index (χ1n) is 6.04. The van der Waals surface area contributed by atoms with Crippen molar-refractivity contribution in [3.8, 4) is 0 Å². The third-order valence-corrected chi connectivity index (χ3v) is 5.00. The van der Waals surface area contributed by atoms with Gasteiger partial charge < -0.3 is 10.4 Å².